The van der Waals surface area contributed by atoms with E-state index >= 15 is 0 Å². The maximum Gasteiger partial charge on any atom is 0.254 e. The van der Waals surface area contributed by atoms with Crippen LogP contribution in [0, 0.1) is 17.2 Å². The van der Waals surface area contributed by atoms with E-state index in [1.54, 1.807) is 29.2 Å². The van der Waals surface area contributed by atoms with Gasteiger partial charge in [0.05, 0.1) is 12.4 Å². The lowest BCUT2D eigenvalue weighted by molar-refractivity contribution is -0.117. The lowest BCUT2D eigenvalue weighted by atomic mass is 10.2. The molecule has 2 saturated carbocycles. The molecule has 1 spiro atoms. The summed E-state index contributed by atoms with van der Waals surface area (Å²) in [6.07, 6.45) is 5.52. The Kier molecular flexibility index (Phi) is 4.67. The molecule has 1 aromatic carbocycles. The maximum atomic E-state index is 12.9. The monoisotopic (exact) mass is 432 g/mol. The number of carbonyl (C=O) groups is 2. The number of halogens is 2. The van der Waals surface area contributed by atoms with Crippen LogP contribution in [0.25, 0.3) is 0 Å². The number of carbonyl (C=O) groups excluding carboxylic acids is 2. The summed E-state index contributed by atoms with van der Waals surface area (Å²) >= 11 is 3.36. The second-order valence-corrected chi connectivity index (χ2v) is 8.14. The summed E-state index contributed by atoms with van der Waals surface area (Å²) in [5, 5.41) is 2.52. The van der Waals surface area contributed by atoms with Crippen molar-refractivity contribution in [2.24, 2.45) is 11.3 Å². The molecular formula is C19H18BrFN4O2. The first-order valence-electron chi connectivity index (χ1n) is 8.77. The average Bonchev–Trinajstić information content (AvgIpc) is 3.56. The van der Waals surface area contributed by atoms with Gasteiger partial charge in [-0.25, -0.2) is 14.4 Å². The Labute approximate surface area is 164 Å². The topological polar surface area (TPSA) is 75.2 Å². The number of anilines is 1. The average molecular weight is 433 g/mol. The zero-order valence-corrected chi connectivity index (χ0v) is 16.1. The summed E-state index contributed by atoms with van der Waals surface area (Å²) in [5.74, 6) is -0.684. The second-order valence-electron chi connectivity index (χ2n) is 7.23. The summed E-state index contributed by atoms with van der Waals surface area (Å²) < 4.78 is 13.8. The molecule has 6 nitrogen and oxygen atoms in total. The van der Waals surface area contributed by atoms with Crippen molar-refractivity contribution in [3.8, 4) is 0 Å². The van der Waals surface area contributed by atoms with Gasteiger partial charge in [0.15, 0.2) is 5.82 Å². The molecule has 1 heterocycles. The van der Waals surface area contributed by atoms with Crippen LogP contribution in [0.2, 0.25) is 0 Å². The highest BCUT2D eigenvalue weighted by molar-refractivity contribution is 9.10. The molecule has 2 aromatic rings. The first kappa shape index (κ1) is 18.0. The number of nitrogens with zero attached hydrogens (tertiary/aromatic N) is 3. The minimum atomic E-state index is -0.580. The van der Waals surface area contributed by atoms with Gasteiger partial charge >= 0.3 is 0 Å². The van der Waals surface area contributed by atoms with Crippen LogP contribution in [0.3, 0.4) is 0 Å². The molecule has 0 aliphatic heterocycles. The molecular weight excluding hydrogens is 415 g/mol. The van der Waals surface area contributed by atoms with Gasteiger partial charge in [-0.15, -0.1) is 0 Å². The normalized spacial score (nSPS) is 18.8. The number of aromatic nitrogens is 2. The van der Waals surface area contributed by atoms with Crippen molar-refractivity contribution < 1.29 is 14.0 Å². The smallest absolute Gasteiger partial charge is 0.254 e. The fourth-order valence-corrected chi connectivity index (χ4v) is 3.70. The van der Waals surface area contributed by atoms with Gasteiger partial charge in [-0.05, 0) is 54.9 Å². The van der Waals surface area contributed by atoms with Gasteiger partial charge in [-0.2, -0.15) is 0 Å². The van der Waals surface area contributed by atoms with E-state index in [1.807, 2.05) is 0 Å². The van der Waals surface area contributed by atoms with Crippen molar-refractivity contribution >= 4 is 33.7 Å². The molecule has 1 aromatic heterocycles. The Bertz CT molecular complexity index is 868. The minimum absolute atomic E-state index is 0.0162. The number of amides is 2. The standard InChI is InChI=1S/C19H18BrFN4O2/c20-14-3-1-12(2-4-14)17(27)25(10-13-7-19(13)5-6-19)11-16(26)24-18-22-8-15(21)9-23-18/h1-4,8-9,13H,5-7,10-11H2,(H,22,23,24,26). The van der Waals surface area contributed by atoms with Gasteiger partial charge in [0.25, 0.3) is 5.91 Å². The van der Waals surface area contributed by atoms with E-state index < -0.39 is 11.7 Å². The van der Waals surface area contributed by atoms with Crippen LogP contribution in [0.15, 0.2) is 41.1 Å². The summed E-state index contributed by atoms with van der Waals surface area (Å²) in [6.45, 7) is 0.467. The van der Waals surface area contributed by atoms with Crippen LogP contribution < -0.4 is 5.32 Å². The molecule has 1 unspecified atom stereocenters. The number of hydrogen-bond acceptors (Lipinski definition) is 4. The predicted octanol–water partition coefficient (Wildman–Crippen LogP) is 3.26. The fourth-order valence-electron chi connectivity index (χ4n) is 3.44. The molecule has 0 saturated heterocycles. The SMILES string of the molecule is O=C(CN(CC1CC12CC2)C(=O)c1ccc(Br)cc1)Nc1ncc(F)cn1. The summed E-state index contributed by atoms with van der Waals surface area (Å²) in [5.41, 5.74) is 0.962. The highest BCUT2D eigenvalue weighted by Gasteiger charge is 2.62. The quantitative estimate of drug-likeness (QED) is 0.759. The molecule has 8 heteroatoms. The van der Waals surface area contributed by atoms with Crippen molar-refractivity contribution in [1.29, 1.82) is 0 Å². The molecule has 27 heavy (non-hydrogen) atoms. The van der Waals surface area contributed by atoms with Crippen LogP contribution in [-0.4, -0.2) is 39.8 Å². The lowest BCUT2D eigenvalue weighted by Crippen LogP contribution is -2.39. The van der Waals surface area contributed by atoms with Gasteiger partial charge in [-0.3, -0.25) is 14.9 Å². The molecule has 1 atom stereocenters. The summed E-state index contributed by atoms with van der Waals surface area (Å²) in [6, 6.07) is 7.08. The zero-order chi connectivity index (χ0) is 19.0. The first-order valence-corrected chi connectivity index (χ1v) is 9.57. The molecule has 0 bridgehead atoms. The third-order valence-electron chi connectivity index (χ3n) is 5.28. The predicted molar refractivity (Wildman–Crippen MR) is 100 cm³/mol. The highest BCUT2D eigenvalue weighted by Crippen LogP contribution is 2.70. The van der Waals surface area contributed by atoms with E-state index in [0.29, 0.717) is 23.4 Å². The van der Waals surface area contributed by atoms with Crippen LogP contribution in [-0.2, 0) is 4.79 Å². The van der Waals surface area contributed by atoms with Gasteiger partial charge in [0.2, 0.25) is 11.9 Å². The number of nitrogens with one attached hydrogen (secondary N) is 1. The number of hydrogen-bond donors (Lipinski definition) is 1. The van der Waals surface area contributed by atoms with Crippen molar-refractivity contribution in [3.05, 3.63) is 52.5 Å². The number of rotatable bonds is 6. The van der Waals surface area contributed by atoms with Gasteiger partial charge in [0.1, 0.15) is 6.54 Å². The summed E-state index contributed by atoms with van der Waals surface area (Å²) in [7, 11) is 0. The molecule has 2 fully saturated rings. The van der Waals surface area contributed by atoms with Crippen LogP contribution in [0.1, 0.15) is 29.6 Å². The van der Waals surface area contributed by atoms with E-state index in [1.165, 1.54) is 12.8 Å². The van der Waals surface area contributed by atoms with E-state index in [-0.39, 0.29) is 18.4 Å². The third kappa shape index (κ3) is 4.16. The van der Waals surface area contributed by atoms with Crippen molar-refractivity contribution in [2.75, 3.05) is 18.4 Å². The van der Waals surface area contributed by atoms with Crippen LogP contribution in [0.4, 0.5) is 10.3 Å². The second kappa shape index (κ2) is 6.99. The lowest BCUT2D eigenvalue weighted by Gasteiger charge is -2.22. The van der Waals surface area contributed by atoms with Crippen molar-refractivity contribution in [2.45, 2.75) is 19.3 Å². The molecule has 140 valence electrons. The molecule has 2 aliphatic carbocycles. The summed E-state index contributed by atoms with van der Waals surface area (Å²) in [4.78, 5) is 34.3. The number of benzene rings is 1. The van der Waals surface area contributed by atoms with Gasteiger partial charge in [-0.1, -0.05) is 15.9 Å². The Hall–Kier alpha value is -2.35. The van der Waals surface area contributed by atoms with Gasteiger partial charge in [0, 0.05) is 16.6 Å². The molecule has 2 aliphatic rings. The maximum absolute atomic E-state index is 12.9. The Morgan fingerprint density at radius 2 is 1.89 bits per heavy atom. The van der Waals surface area contributed by atoms with E-state index in [0.717, 1.165) is 23.3 Å². The van der Waals surface area contributed by atoms with Crippen LogP contribution in [0.5, 0.6) is 0 Å². The molecule has 0 radical (unpaired) electrons. The Morgan fingerprint density at radius 1 is 1.22 bits per heavy atom. The zero-order valence-electron chi connectivity index (χ0n) is 14.5. The fraction of sp³-hybridized carbons (Fsp3) is 0.368. The Morgan fingerprint density at radius 3 is 2.48 bits per heavy atom. The highest BCUT2D eigenvalue weighted by atomic mass is 79.9. The van der Waals surface area contributed by atoms with E-state index in [2.05, 4.69) is 31.2 Å². The molecule has 4 rings (SSSR count). The van der Waals surface area contributed by atoms with Crippen molar-refractivity contribution in [1.82, 2.24) is 14.9 Å². The largest absolute Gasteiger partial charge is 0.329 e. The van der Waals surface area contributed by atoms with E-state index in [9.17, 15) is 14.0 Å². The van der Waals surface area contributed by atoms with Gasteiger partial charge < -0.3 is 4.90 Å². The molecule has 1 N–H and O–H groups in total. The van der Waals surface area contributed by atoms with E-state index in [4.69, 9.17) is 0 Å². The third-order valence-corrected chi connectivity index (χ3v) is 5.80. The van der Waals surface area contributed by atoms with Crippen LogP contribution >= 0.6 is 15.9 Å². The Balaban J connectivity index is 1.45. The first-order chi connectivity index (χ1) is 12.9. The van der Waals surface area contributed by atoms with Crippen molar-refractivity contribution in [3.63, 3.8) is 0 Å². The molecule has 2 amide bonds. The minimum Gasteiger partial charge on any atom is -0.329 e.